The Labute approximate surface area is 221 Å². The molecule has 2 N–H and O–H groups in total. The molecule has 0 amide bonds. The average molecular weight is 506 g/mol. The van der Waals surface area contributed by atoms with E-state index in [1.165, 1.54) is 18.5 Å². The van der Waals surface area contributed by atoms with Crippen LogP contribution in [0.15, 0.2) is 30.5 Å². The summed E-state index contributed by atoms with van der Waals surface area (Å²) in [4.78, 5) is 14.6. The zero-order valence-electron chi connectivity index (χ0n) is 22.7. The third kappa shape index (κ3) is 6.30. The van der Waals surface area contributed by atoms with Crippen LogP contribution in [0.1, 0.15) is 70.4 Å². The number of nitrogens with one attached hydrogen (secondary N) is 1. The van der Waals surface area contributed by atoms with Crippen molar-refractivity contribution in [3.63, 3.8) is 0 Å². The van der Waals surface area contributed by atoms with Crippen LogP contribution in [0.4, 0.5) is 5.95 Å². The van der Waals surface area contributed by atoms with Crippen LogP contribution in [-0.4, -0.2) is 80.0 Å². The molecule has 5 rings (SSSR count). The van der Waals surface area contributed by atoms with E-state index in [2.05, 4.69) is 69.9 Å². The molecule has 3 heterocycles. The van der Waals surface area contributed by atoms with Gasteiger partial charge in [-0.05, 0) is 71.1 Å². The molecule has 3 aromatic rings. The average Bonchev–Trinajstić information content (AvgIpc) is 3.14. The van der Waals surface area contributed by atoms with Crippen LogP contribution in [0.2, 0.25) is 0 Å². The smallest absolute Gasteiger partial charge is 0.224 e. The van der Waals surface area contributed by atoms with Gasteiger partial charge in [0.2, 0.25) is 5.95 Å². The van der Waals surface area contributed by atoms with Gasteiger partial charge in [-0.1, -0.05) is 37.6 Å². The molecule has 200 valence electrons. The van der Waals surface area contributed by atoms with E-state index in [0.29, 0.717) is 12.0 Å². The maximum absolute atomic E-state index is 10.1. The normalized spacial score (nSPS) is 22.7. The molecule has 8 heteroatoms. The highest BCUT2D eigenvalue weighted by atomic mass is 16.3. The van der Waals surface area contributed by atoms with Crippen LogP contribution < -0.4 is 5.32 Å². The fraction of sp³-hybridized carbons (Fsp3) is 0.621. The lowest BCUT2D eigenvalue weighted by Crippen LogP contribution is -2.28. The van der Waals surface area contributed by atoms with E-state index in [1.54, 1.807) is 0 Å². The first-order valence-corrected chi connectivity index (χ1v) is 14.2. The molecule has 1 saturated carbocycles. The third-order valence-corrected chi connectivity index (χ3v) is 8.00. The molecule has 1 atom stereocenters. The highest BCUT2D eigenvalue weighted by molar-refractivity contribution is 5.91. The second kappa shape index (κ2) is 11.9. The molecule has 0 radical (unpaired) electrons. The van der Waals surface area contributed by atoms with Crippen LogP contribution in [0.5, 0.6) is 0 Å². The summed E-state index contributed by atoms with van der Waals surface area (Å²) in [5.74, 6) is 0.662. The van der Waals surface area contributed by atoms with Gasteiger partial charge in [0, 0.05) is 37.4 Å². The standard InChI is InChI=1S/C29H43N7O/c1-4-6-21(2)31-29-30-19-26-27(33-36(28(26)32-29)24-11-13-25(37)14-12-24)23-9-7-22(8-10-23)20-35-16-5-15-34(3)17-18-35/h7-10,19,21,24-25,37H,4-6,11-18,20H2,1-3H3,(H,30,31,32). The number of nitrogens with zero attached hydrogens (tertiary/aromatic N) is 6. The number of aromatic nitrogens is 4. The van der Waals surface area contributed by atoms with Gasteiger partial charge < -0.3 is 15.3 Å². The Kier molecular flexibility index (Phi) is 8.37. The summed E-state index contributed by atoms with van der Waals surface area (Å²) in [5.41, 5.74) is 4.26. The SMILES string of the molecule is CCCC(C)Nc1ncc2c(-c3ccc(CN4CCCN(C)CC4)cc3)nn(C3CCC(O)CC3)c2n1. The Hall–Kier alpha value is -2.55. The van der Waals surface area contributed by atoms with Gasteiger partial charge in [-0.2, -0.15) is 10.1 Å². The number of aliphatic hydroxyl groups excluding tert-OH is 1. The van der Waals surface area contributed by atoms with Crippen molar-refractivity contribution in [1.29, 1.82) is 0 Å². The van der Waals surface area contributed by atoms with E-state index in [0.717, 1.165) is 87.0 Å². The van der Waals surface area contributed by atoms with E-state index in [-0.39, 0.29) is 12.1 Å². The molecular weight excluding hydrogens is 462 g/mol. The van der Waals surface area contributed by atoms with Crippen molar-refractivity contribution < 1.29 is 5.11 Å². The van der Waals surface area contributed by atoms with Gasteiger partial charge in [-0.15, -0.1) is 0 Å². The first-order valence-electron chi connectivity index (χ1n) is 14.2. The van der Waals surface area contributed by atoms with Crippen molar-refractivity contribution in [1.82, 2.24) is 29.5 Å². The van der Waals surface area contributed by atoms with Crippen molar-refractivity contribution in [2.45, 2.75) is 83.5 Å². The number of hydrogen-bond acceptors (Lipinski definition) is 7. The molecule has 2 fully saturated rings. The maximum atomic E-state index is 10.1. The van der Waals surface area contributed by atoms with Gasteiger partial charge >= 0.3 is 0 Å². The minimum atomic E-state index is -0.198. The third-order valence-electron chi connectivity index (χ3n) is 8.00. The Morgan fingerprint density at radius 3 is 2.59 bits per heavy atom. The van der Waals surface area contributed by atoms with Crippen molar-refractivity contribution in [2.75, 3.05) is 38.5 Å². The second-order valence-electron chi connectivity index (χ2n) is 11.2. The summed E-state index contributed by atoms with van der Waals surface area (Å²) in [7, 11) is 2.21. The lowest BCUT2D eigenvalue weighted by atomic mass is 9.93. The van der Waals surface area contributed by atoms with Gasteiger partial charge in [0.15, 0.2) is 5.65 Å². The monoisotopic (exact) mass is 505 g/mol. The summed E-state index contributed by atoms with van der Waals surface area (Å²) < 4.78 is 2.11. The van der Waals surface area contributed by atoms with Crippen molar-refractivity contribution >= 4 is 17.0 Å². The topological polar surface area (TPSA) is 82.3 Å². The molecule has 37 heavy (non-hydrogen) atoms. The Morgan fingerprint density at radius 1 is 1.05 bits per heavy atom. The largest absolute Gasteiger partial charge is 0.393 e. The van der Waals surface area contributed by atoms with Crippen molar-refractivity contribution in [3.05, 3.63) is 36.0 Å². The van der Waals surface area contributed by atoms with E-state index in [9.17, 15) is 5.11 Å². The molecule has 1 unspecified atom stereocenters. The van der Waals surface area contributed by atoms with Gasteiger partial charge in [-0.3, -0.25) is 4.90 Å². The predicted molar refractivity (Wildman–Crippen MR) is 150 cm³/mol. The molecule has 2 aromatic heterocycles. The number of benzene rings is 1. The first-order chi connectivity index (χ1) is 18.0. The molecule has 0 spiro atoms. The summed E-state index contributed by atoms with van der Waals surface area (Å²) in [6, 6.07) is 9.46. The number of aliphatic hydroxyl groups is 1. The molecule has 2 aliphatic rings. The van der Waals surface area contributed by atoms with E-state index >= 15 is 0 Å². The summed E-state index contributed by atoms with van der Waals surface area (Å²) >= 11 is 0. The predicted octanol–water partition coefficient (Wildman–Crippen LogP) is 4.71. The Bertz CT molecular complexity index is 1150. The Morgan fingerprint density at radius 2 is 1.84 bits per heavy atom. The molecule has 1 aromatic carbocycles. The highest BCUT2D eigenvalue weighted by Crippen LogP contribution is 2.34. The number of likely N-dealkylation sites (N-methyl/N-ethyl adjacent to an activating group) is 1. The lowest BCUT2D eigenvalue weighted by Gasteiger charge is -2.25. The van der Waals surface area contributed by atoms with Crippen molar-refractivity contribution in [2.24, 2.45) is 0 Å². The fourth-order valence-electron chi connectivity index (χ4n) is 5.77. The van der Waals surface area contributed by atoms with Crippen molar-refractivity contribution in [3.8, 4) is 11.3 Å². The summed E-state index contributed by atoms with van der Waals surface area (Å²) in [6.45, 7) is 9.94. The fourth-order valence-corrected chi connectivity index (χ4v) is 5.77. The van der Waals surface area contributed by atoms with Crippen LogP contribution in [-0.2, 0) is 6.54 Å². The molecule has 1 aliphatic heterocycles. The van der Waals surface area contributed by atoms with Crippen LogP contribution >= 0.6 is 0 Å². The second-order valence-corrected chi connectivity index (χ2v) is 11.2. The first kappa shape index (κ1) is 26.1. The maximum Gasteiger partial charge on any atom is 0.224 e. The zero-order chi connectivity index (χ0) is 25.8. The Balaban J connectivity index is 1.42. The number of hydrogen-bond donors (Lipinski definition) is 2. The summed E-state index contributed by atoms with van der Waals surface area (Å²) in [6.07, 6.45) is 8.61. The van der Waals surface area contributed by atoms with Crippen LogP contribution in [0.3, 0.4) is 0 Å². The quantitative estimate of drug-likeness (QED) is 0.459. The molecular formula is C29H43N7O. The van der Waals surface area contributed by atoms with E-state index in [1.807, 2.05) is 6.20 Å². The summed E-state index contributed by atoms with van der Waals surface area (Å²) in [5, 5.41) is 19.6. The van der Waals surface area contributed by atoms with E-state index < -0.39 is 0 Å². The van der Waals surface area contributed by atoms with Gasteiger partial charge in [-0.25, -0.2) is 9.67 Å². The number of anilines is 1. The van der Waals surface area contributed by atoms with Crippen LogP contribution in [0, 0.1) is 0 Å². The minimum absolute atomic E-state index is 0.198. The van der Waals surface area contributed by atoms with Gasteiger partial charge in [0.05, 0.1) is 17.5 Å². The van der Waals surface area contributed by atoms with Crippen LogP contribution in [0.25, 0.3) is 22.3 Å². The number of fused-ring (bicyclic) bond motifs is 1. The molecule has 0 bridgehead atoms. The highest BCUT2D eigenvalue weighted by Gasteiger charge is 2.26. The molecule has 1 saturated heterocycles. The van der Waals surface area contributed by atoms with Gasteiger partial charge in [0.25, 0.3) is 0 Å². The zero-order valence-corrected chi connectivity index (χ0v) is 22.7. The lowest BCUT2D eigenvalue weighted by molar-refractivity contribution is 0.109. The van der Waals surface area contributed by atoms with Gasteiger partial charge in [0.1, 0.15) is 5.69 Å². The van der Waals surface area contributed by atoms with E-state index in [4.69, 9.17) is 10.1 Å². The molecule has 1 aliphatic carbocycles. The number of rotatable bonds is 8. The molecule has 8 nitrogen and oxygen atoms in total. The minimum Gasteiger partial charge on any atom is -0.393 e.